The summed E-state index contributed by atoms with van der Waals surface area (Å²) < 4.78 is 45.5. The Hall–Kier alpha value is -3.56. The van der Waals surface area contributed by atoms with Gasteiger partial charge in [0.05, 0.1) is 12.0 Å². The molecule has 4 rings (SSSR count). The Morgan fingerprint density at radius 1 is 1.03 bits per heavy atom. The maximum atomic E-state index is 13.5. The van der Waals surface area contributed by atoms with Crippen molar-refractivity contribution in [3.05, 3.63) is 59.7 Å². The van der Waals surface area contributed by atoms with Crippen LogP contribution in [0.2, 0.25) is 0 Å². The molecule has 174 valence electrons. The predicted octanol–water partition coefficient (Wildman–Crippen LogP) is 3.58. The quantitative estimate of drug-likeness (QED) is 0.584. The highest BCUT2D eigenvalue weighted by atomic mass is 19.4. The molecule has 10 heteroatoms. The Morgan fingerprint density at radius 3 is 2.06 bits per heavy atom. The zero-order chi connectivity index (χ0) is 23.8. The third-order valence-electron chi connectivity index (χ3n) is 5.93. The van der Waals surface area contributed by atoms with E-state index in [0.717, 1.165) is 22.3 Å². The molecule has 2 amide bonds. The first-order chi connectivity index (χ1) is 15.6. The van der Waals surface area contributed by atoms with Crippen LogP contribution >= 0.6 is 0 Å². The molecule has 0 saturated heterocycles. The van der Waals surface area contributed by atoms with E-state index in [1.165, 1.54) is 0 Å². The van der Waals surface area contributed by atoms with Gasteiger partial charge in [-0.15, -0.1) is 0 Å². The minimum Gasteiger partial charge on any atom is -0.481 e. The highest BCUT2D eigenvalue weighted by Crippen LogP contribution is 2.44. The summed E-state index contributed by atoms with van der Waals surface area (Å²) in [5.74, 6) is -3.11. The second-order valence-corrected chi connectivity index (χ2v) is 8.28. The molecule has 2 aliphatic carbocycles. The summed E-state index contributed by atoms with van der Waals surface area (Å²) in [5, 5.41) is 12.6. The molecule has 1 saturated carbocycles. The van der Waals surface area contributed by atoms with Crippen molar-refractivity contribution in [3.8, 4) is 11.1 Å². The Labute approximate surface area is 186 Å². The van der Waals surface area contributed by atoms with E-state index in [1.54, 1.807) is 5.32 Å². The summed E-state index contributed by atoms with van der Waals surface area (Å²) in [6, 6.07) is 12.1. The second kappa shape index (κ2) is 8.42. The number of carboxylic acids is 1. The molecule has 1 unspecified atom stereocenters. The van der Waals surface area contributed by atoms with Crippen LogP contribution in [0, 0.1) is 0 Å². The van der Waals surface area contributed by atoms with Crippen molar-refractivity contribution in [1.82, 2.24) is 10.6 Å². The van der Waals surface area contributed by atoms with Crippen molar-refractivity contribution >= 4 is 18.0 Å². The summed E-state index contributed by atoms with van der Waals surface area (Å²) in [6.07, 6.45) is -6.47. The molecule has 2 aromatic carbocycles. The first-order valence-electron chi connectivity index (χ1n) is 10.3. The lowest BCUT2D eigenvalue weighted by atomic mass is 9.98. The number of nitrogens with one attached hydrogen (secondary N) is 2. The highest BCUT2D eigenvalue weighted by Gasteiger charge is 2.52. The molecule has 0 aliphatic heterocycles. The van der Waals surface area contributed by atoms with Gasteiger partial charge in [-0.1, -0.05) is 48.5 Å². The van der Waals surface area contributed by atoms with Crippen LogP contribution in [0.5, 0.6) is 0 Å². The molecule has 0 radical (unpaired) electrons. The second-order valence-electron chi connectivity index (χ2n) is 8.28. The normalized spacial score (nSPS) is 16.8. The van der Waals surface area contributed by atoms with Crippen LogP contribution in [0.1, 0.15) is 36.3 Å². The van der Waals surface area contributed by atoms with E-state index in [0.29, 0.717) is 0 Å². The molecule has 0 bridgehead atoms. The number of fused-ring (bicyclic) bond motifs is 3. The zero-order valence-corrected chi connectivity index (χ0v) is 17.3. The van der Waals surface area contributed by atoms with E-state index in [-0.39, 0.29) is 25.4 Å². The van der Waals surface area contributed by atoms with Crippen LogP contribution in [0.4, 0.5) is 18.0 Å². The number of rotatable bonds is 7. The molecule has 7 nitrogen and oxygen atoms in total. The number of aliphatic carboxylic acids is 1. The van der Waals surface area contributed by atoms with Gasteiger partial charge in [-0.3, -0.25) is 9.59 Å². The summed E-state index contributed by atoms with van der Waals surface area (Å²) in [4.78, 5) is 35.4. The number of alkyl carbamates (subject to hydrolysis) is 1. The lowest BCUT2D eigenvalue weighted by Gasteiger charge is -2.24. The lowest BCUT2D eigenvalue weighted by molar-refractivity contribution is -0.168. The van der Waals surface area contributed by atoms with Gasteiger partial charge in [-0.25, -0.2) is 4.79 Å². The summed E-state index contributed by atoms with van der Waals surface area (Å²) >= 11 is 0. The average molecular weight is 462 g/mol. The molecular weight excluding hydrogens is 441 g/mol. The van der Waals surface area contributed by atoms with E-state index in [1.807, 2.05) is 48.5 Å². The molecule has 2 aromatic rings. The Balaban J connectivity index is 1.43. The van der Waals surface area contributed by atoms with Crippen molar-refractivity contribution < 1.29 is 37.4 Å². The van der Waals surface area contributed by atoms with Crippen LogP contribution in [0.3, 0.4) is 0 Å². The molecule has 2 aliphatic rings. The average Bonchev–Trinajstić information content (AvgIpc) is 3.41. The number of carbonyl (C=O) groups is 3. The zero-order valence-electron chi connectivity index (χ0n) is 17.3. The standard InChI is InChI=1S/C23H21F3N2O5/c24-23(25,26)19(20(31)28-22(9-10-22)11-18(29)30)27-21(32)33-12-17-15-7-3-1-5-13(15)14-6-2-4-8-16(14)17/h1-8,17,19H,9-12H2,(H,27,32)(H,28,31)(H,29,30). The van der Waals surface area contributed by atoms with E-state index in [9.17, 15) is 27.6 Å². The van der Waals surface area contributed by atoms with Gasteiger partial charge in [0.25, 0.3) is 5.91 Å². The van der Waals surface area contributed by atoms with E-state index in [2.05, 4.69) is 5.32 Å². The molecule has 0 aromatic heterocycles. The fourth-order valence-electron chi connectivity index (χ4n) is 4.17. The van der Waals surface area contributed by atoms with Gasteiger partial charge in [0.2, 0.25) is 6.04 Å². The van der Waals surface area contributed by atoms with Gasteiger partial charge in [0.15, 0.2) is 0 Å². The van der Waals surface area contributed by atoms with Crippen molar-refractivity contribution in [1.29, 1.82) is 0 Å². The topological polar surface area (TPSA) is 105 Å². The van der Waals surface area contributed by atoms with Crippen molar-refractivity contribution in [3.63, 3.8) is 0 Å². The number of carbonyl (C=O) groups excluding carboxylic acids is 2. The van der Waals surface area contributed by atoms with Gasteiger partial charge >= 0.3 is 18.2 Å². The summed E-state index contributed by atoms with van der Waals surface area (Å²) in [6.45, 7) is -0.213. The van der Waals surface area contributed by atoms with E-state index in [4.69, 9.17) is 9.84 Å². The number of hydrogen-bond acceptors (Lipinski definition) is 4. The lowest BCUT2D eigenvalue weighted by Crippen LogP contribution is -2.57. The molecular formula is C23H21F3N2O5. The van der Waals surface area contributed by atoms with Gasteiger partial charge in [-0.05, 0) is 35.1 Å². The van der Waals surface area contributed by atoms with Gasteiger partial charge in [0.1, 0.15) is 6.61 Å². The van der Waals surface area contributed by atoms with E-state index < -0.39 is 42.1 Å². The molecule has 3 N–H and O–H groups in total. The number of alkyl halides is 3. The van der Waals surface area contributed by atoms with Crippen LogP contribution in [-0.4, -0.2) is 47.4 Å². The van der Waals surface area contributed by atoms with Crippen LogP contribution < -0.4 is 10.6 Å². The Bertz CT molecular complexity index is 1050. The molecule has 0 heterocycles. The molecule has 33 heavy (non-hydrogen) atoms. The highest BCUT2D eigenvalue weighted by molar-refractivity contribution is 5.88. The fourth-order valence-corrected chi connectivity index (χ4v) is 4.17. The first kappa shape index (κ1) is 22.6. The van der Waals surface area contributed by atoms with Crippen molar-refractivity contribution in [2.45, 2.75) is 42.9 Å². The minimum atomic E-state index is -5.09. The van der Waals surface area contributed by atoms with Crippen molar-refractivity contribution in [2.75, 3.05) is 6.61 Å². The van der Waals surface area contributed by atoms with Gasteiger partial charge in [0, 0.05) is 5.92 Å². The number of halogens is 3. The van der Waals surface area contributed by atoms with Crippen molar-refractivity contribution in [2.24, 2.45) is 0 Å². The fraction of sp³-hybridized carbons (Fsp3) is 0.348. The number of benzene rings is 2. The smallest absolute Gasteiger partial charge is 0.417 e. The predicted molar refractivity (Wildman–Crippen MR) is 110 cm³/mol. The third kappa shape index (κ3) is 4.79. The number of carboxylic acid groups (broad SMARTS) is 1. The van der Waals surface area contributed by atoms with Gasteiger partial charge < -0.3 is 20.5 Å². The van der Waals surface area contributed by atoms with Crippen LogP contribution in [-0.2, 0) is 14.3 Å². The van der Waals surface area contributed by atoms with Gasteiger partial charge in [-0.2, -0.15) is 13.2 Å². The number of ether oxygens (including phenoxy) is 1. The largest absolute Gasteiger partial charge is 0.481 e. The monoisotopic (exact) mass is 462 g/mol. The molecule has 0 spiro atoms. The maximum Gasteiger partial charge on any atom is 0.417 e. The third-order valence-corrected chi connectivity index (χ3v) is 5.93. The number of hydrogen-bond donors (Lipinski definition) is 3. The minimum absolute atomic E-state index is 0.213. The summed E-state index contributed by atoms with van der Waals surface area (Å²) in [5.41, 5.74) is 2.49. The summed E-state index contributed by atoms with van der Waals surface area (Å²) in [7, 11) is 0. The van der Waals surface area contributed by atoms with Crippen LogP contribution in [0.15, 0.2) is 48.5 Å². The van der Waals surface area contributed by atoms with Crippen LogP contribution in [0.25, 0.3) is 11.1 Å². The Morgan fingerprint density at radius 2 is 1.58 bits per heavy atom. The molecule has 1 fully saturated rings. The Kier molecular flexibility index (Phi) is 5.77. The SMILES string of the molecule is O=C(O)CC1(NC(=O)C(NC(=O)OCC2c3ccccc3-c3ccccc32)C(F)(F)F)CC1. The van der Waals surface area contributed by atoms with E-state index >= 15 is 0 Å². The number of amides is 2. The maximum absolute atomic E-state index is 13.5. The first-order valence-corrected chi connectivity index (χ1v) is 10.3. The molecule has 1 atom stereocenters.